The summed E-state index contributed by atoms with van der Waals surface area (Å²) in [6.07, 6.45) is 0. The maximum Gasteiger partial charge on any atom is 0.338 e. The van der Waals surface area contributed by atoms with Crippen molar-refractivity contribution >= 4 is 5.97 Å². The van der Waals surface area contributed by atoms with E-state index in [1.54, 1.807) is 49.6 Å². The first kappa shape index (κ1) is 18.2. The summed E-state index contributed by atoms with van der Waals surface area (Å²) in [4.78, 5) is 16.4. The van der Waals surface area contributed by atoms with Crippen LogP contribution in [0.4, 0.5) is 0 Å². The second-order valence-corrected chi connectivity index (χ2v) is 5.39. The zero-order valence-electron chi connectivity index (χ0n) is 15.1. The highest BCUT2D eigenvalue weighted by Gasteiger charge is 2.16. The Bertz CT molecular complexity index is 937. The van der Waals surface area contributed by atoms with Crippen molar-refractivity contribution in [3.05, 3.63) is 53.9 Å². The van der Waals surface area contributed by atoms with Gasteiger partial charge in [0.25, 0.3) is 5.89 Å². The van der Waals surface area contributed by atoms with Crippen LogP contribution < -0.4 is 14.2 Å². The summed E-state index contributed by atoms with van der Waals surface area (Å²) in [6.45, 7) is -0.151. The molecule has 0 radical (unpaired) electrons. The van der Waals surface area contributed by atoms with Gasteiger partial charge in [0.1, 0.15) is 17.2 Å². The molecule has 140 valence electrons. The predicted octanol–water partition coefficient (Wildman–Crippen LogP) is 3.12. The van der Waals surface area contributed by atoms with Crippen LogP contribution in [0.2, 0.25) is 0 Å². The van der Waals surface area contributed by atoms with Gasteiger partial charge < -0.3 is 23.5 Å². The van der Waals surface area contributed by atoms with E-state index in [2.05, 4.69) is 10.1 Å². The molecule has 0 aliphatic carbocycles. The highest BCUT2D eigenvalue weighted by molar-refractivity contribution is 5.89. The van der Waals surface area contributed by atoms with Gasteiger partial charge in [0.15, 0.2) is 6.61 Å². The van der Waals surface area contributed by atoms with Gasteiger partial charge in [-0.05, 0) is 30.3 Å². The number of hydrogen-bond donors (Lipinski definition) is 0. The fourth-order valence-corrected chi connectivity index (χ4v) is 2.37. The van der Waals surface area contributed by atoms with Crippen LogP contribution >= 0.6 is 0 Å². The number of ether oxygens (including phenoxy) is 4. The number of hydrogen-bond acceptors (Lipinski definition) is 8. The number of benzene rings is 2. The molecule has 1 aromatic heterocycles. The Morgan fingerprint density at radius 1 is 1.00 bits per heavy atom. The lowest BCUT2D eigenvalue weighted by Gasteiger charge is -2.07. The molecule has 2 aromatic carbocycles. The maximum absolute atomic E-state index is 12.1. The quantitative estimate of drug-likeness (QED) is 0.586. The normalized spacial score (nSPS) is 10.3. The van der Waals surface area contributed by atoms with Crippen molar-refractivity contribution in [2.75, 3.05) is 21.3 Å². The van der Waals surface area contributed by atoms with Crippen LogP contribution in [0.25, 0.3) is 11.4 Å². The number of rotatable bonds is 7. The number of esters is 1. The molecular formula is C19H18N2O6. The largest absolute Gasteiger partial charge is 0.497 e. The molecule has 0 atom stereocenters. The highest BCUT2D eigenvalue weighted by Crippen LogP contribution is 2.31. The van der Waals surface area contributed by atoms with Crippen molar-refractivity contribution in [1.82, 2.24) is 10.1 Å². The summed E-state index contributed by atoms with van der Waals surface area (Å²) in [6, 6.07) is 11.9. The zero-order valence-corrected chi connectivity index (χ0v) is 15.1. The lowest BCUT2D eigenvalue weighted by atomic mass is 10.2. The Kier molecular flexibility index (Phi) is 5.55. The molecule has 0 saturated carbocycles. The predicted molar refractivity (Wildman–Crippen MR) is 95.0 cm³/mol. The van der Waals surface area contributed by atoms with Crippen LogP contribution in [0, 0.1) is 0 Å². The third-order valence-electron chi connectivity index (χ3n) is 3.75. The van der Waals surface area contributed by atoms with Gasteiger partial charge in [0.05, 0.1) is 32.5 Å². The second-order valence-electron chi connectivity index (χ2n) is 5.39. The van der Waals surface area contributed by atoms with Crippen molar-refractivity contribution < 1.29 is 28.3 Å². The Morgan fingerprint density at radius 2 is 1.78 bits per heavy atom. The second kappa shape index (κ2) is 8.22. The monoisotopic (exact) mass is 370 g/mol. The minimum Gasteiger partial charge on any atom is -0.497 e. The van der Waals surface area contributed by atoms with E-state index in [0.717, 1.165) is 0 Å². The van der Waals surface area contributed by atoms with E-state index >= 15 is 0 Å². The summed E-state index contributed by atoms with van der Waals surface area (Å²) in [7, 11) is 4.63. The number of nitrogens with zero attached hydrogens (tertiary/aromatic N) is 2. The summed E-state index contributed by atoms with van der Waals surface area (Å²) in [5.74, 6) is 1.72. The fraction of sp³-hybridized carbons (Fsp3) is 0.211. The molecule has 3 aromatic rings. The van der Waals surface area contributed by atoms with Gasteiger partial charge in [-0.25, -0.2) is 4.79 Å². The minimum atomic E-state index is -0.518. The molecule has 1 heterocycles. The van der Waals surface area contributed by atoms with Crippen molar-refractivity contribution in [2.45, 2.75) is 6.61 Å². The highest BCUT2D eigenvalue weighted by atomic mass is 16.6. The number of aromatic nitrogens is 2. The van der Waals surface area contributed by atoms with Gasteiger partial charge >= 0.3 is 5.97 Å². The van der Waals surface area contributed by atoms with Gasteiger partial charge in [-0.15, -0.1) is 0 Å². The first-order valence-electron chi connectivity index (χ1n) is 8.00. The molecule has 0 bridgehead atoms. The Balaban J connectivity index is 1.70. The average molecular weight is 370 g/mol. The molecular weight excluding hydrogens is 352 g/mol. The molecule has 3 rings (SSSR count). The van der Waals surface area contributed by atoms with E-state index in [-0.39, 0.29) is 12.5 Å². The molecule has 8 nitrogen and oxygen atoms in total. The summed E-state index contributed by atoms with van der Waals surface area (Å²) < 4.78 is 26.0. The lowest BCUT2D eigenvalue weighted by Crippen LogP contribution is -2.05. The fourth-order valence-electron chi connectivity index (χ4n) is 2.37. The number of carbonyl (C=O) groups is 1. The number of methoxy groups -OCH3 is 3. The SMILES string of the molecule is COc1cccc(C(=O)OCc2nc(-c3ccc(OC)cc3OC)no2)c1. The smallest absolute Gasteiger partial charge is 0.338 e. The van der Waals surface area contributed by atoms with E-state index < -0.39 is 5.97 Å². The van der Waals surface area contributed by atoms with E-state index in [0.29, 0.717) is 34.2 Å². The number of carbonyl (C=O) groups excluding carboxylic acids is 1. The summed E-state index contributed by atoms with van der Waals surface area (Å²) in [5.41, 5.74) is 0.998. The summed E-state index contributed by atoms with van der Waals surface area (Å²) >= 11 is 0. The maximum atomic E-state index is 12.1. The topological polar surface area (TPSA) is 92.9 Å². The Morgan fingerprint density at radius 3 is 2.52 bits per heavy atom. The molecule has 8 heteroatoms. The van der Waals surface area contributed by atoms with Crippen LogP contribution in [0.5, 0.6) is 17.2 Å². The molecule has 0 aliphatic heterocycles. The first-order valence-corrected chi connectivity index (χ1v) is 8.00. The van der Waals surface area contributed by atoms with E-state index in [4.69, 9.17) is 23.5 Å². The molecule has 0 aliphatic rings. The van der Waals surface area contributed by atoms with Crippen molar-refractivity contribution in [2.24, 2.45) is 0 Å². The van der Waals surface area contributed by atoms with Crippen LogP contribution in [0.15, 0.2) is 47.0 Å². The van der Waals surface area contributed by atoms with Gasteiger partial charge in [-0.2, -0.15) is 4.98 Å². The van der Waals surface area contributed by atoms with Crippen LogP contribution in [0.3, 0.4) is 0 Å². The lowest BCUT2D eigenvalue weighted by molar-refractivity contribution is 0.0429. The molecule has 27 heavy (non-hydrogen) atoms. The molecule has 0 unspecified atom stereocenters. The van der Waals surface area contributed by atoms with E-state index in [9.17, 15) is 4.79 Å². The van der Waals surface area contributed by atoms with Crippen molar-refractivity contribution in [3.8, 4) is 28.6 Å². The van der Waals surface area contributed by atoms with Crippen LogP contribution in [-0.4, -0.2) is 37.4 Å². The van der Waals surface area contributed by atoms with Crippen molar-refractivity contribution in [1.29, 1.82) is 0 Å². The van der Waals surface area contributed by atoms with Gasteiger partial charge in [-0.1, -0.05) is 11.2 Å². The molecule has 0 fully saturated rings. The summed E-state index contributed by atoms with van der Waals surface area (Å²) in [5, 5.41) is 3.91. The van der Waals surface area contributed by atoms with Crippen LogP contribution in [0.1, 0.15) is 16.2 Å². The molecule has 0 saturated heterocycles. The van der Waals surface area contributed by atoms with Crippen molar-refractivity contribution in [3.63, 3.8) is 0 Å². The van der Waals surface area contributed by atoms with Crippen LogP contribution in [-0.2, 0) is 11.3 Å². The Hall–Kier alpha value is -3.55. The molecule has 0 spiro atoms. The Labute approximate surface area is 155 Å². The van der Waals surface area contributed by atoms with E-state index in [1.165, 1.54) is 14.2 Å². The first-order chi connectivity index (χ1) is 13.1. The molecule has 0 amide bonds. The minimum absolute atomic E-state index is 0.151. The van der Waals surface area contributed by atoms with Gasteiger partial charge in [-0.3, -0.25) is 0 Å². The van der Waals surface area contributed by atoms with Gasteiger partial charge in [0, 0.05) is 6.07 Å². The zero-order chi connectivity index (χ0) is 19.2. The third kappa shape index (κ3) is 4.17. The standard InChI is InChI=1S/C19H18N2O6/c1-23-13-6-4-5-12(9-13)19(22)26-11-17-20-18(21-27-17)15-8-7-14(24-2)10-16(15)25-3/h4-10H,11H2,1-3H3. The molecule has 0 N–H and O–H groups in total. The van der Waals surface area contributed by atoms with Gasteiger partial charge in [0.2, 0.25) is 5.82 Å². The third-order valence-corrected chi connectivity index (χ3v) is 3.75. The average Bonchev–Trinajstić information content (AvgIpc) is 3.20. The van der Waals surface area contributed by atoms with E-state index in [1.807, 2.05) is 0 Å².